The molecule has 0 saturated carbocycles. The molecule has 0 aromatic carbocycles. The molecule has 0 radical (unpaired) electrons. The molecular formula is C44H77O11P. The molecule has 11 nitrogen and oxygen atoms in total. The molecule has 0 aliphatic rings. The molecule has 4 atom stereocenters. The second-order valence-corrected chi connectivity index (χ2v) is 16.2. The first-order valence-electron chi connectivity index (χ1n) is 21.3. The quantitative estimate of drug-likeness (QED) is 0.0133. The Balaban J connectivity index is 4.22. The van der Waals surface area contributed by atoms with Crippen molar-refractivity contribution in [3.8, 4) is 0 Å². The average Bonchev–Trinajstić information content (AvgIpc) is 3.14. The Kier molecular flexibility index (Phi) is 35.4. The van der Waals surface area contributed by atoms with Gasteiger partial charge in [0.25, 0.3) is 0 Å². The number of hydrogen-bond acceptors (Lipinski definition) is 9. The molecule has 0 aliphatic heterocycles. The summed E-state index contributed by atoms with van der Waals surface area (Å²) in [5.74, 6) is -0.398. The van der Waals surface area contributed by atoms with Gasteiger partial charge in [0.2, 0.25) is 0 Å². The zero-order valence-corrected chi connectivity index (χ0v) is 35.7. The van der Waals surface area contributed by atoms with Crippen molar-refractivity contribution in [1.82, 2.24) is 0 Å². The van der Waals surface area contributed by atoms with Gasteiger partial charge >= 0.3 is 19.8 Å². The molecule has 0 aromatic heterocycles. The van der Waals surface area contributed by atoms with Gasteiger partial charge in [0.1, 0.15) is 6.61 Å². The second kappa shape index (κ2) is 36.9. The minimum atomic E-state index is -4.84. The molecule has 0 fully saturated rings. The summed E-state index contributed by atoms with van der Waals surface area (Å²) in [6.45, 7) is 5.54. The van der Waals surface area contributed by atoms with Crippen LogP contribution in [0.15, 0.2) is 60.8 Å². The molecule has 0 bridgehead atoms. The van der Waals surface area contributed by atoms with Crippen LogP contribution in [0.25, 0.3) is 0 Å². The fourth-order valence-corrected chi connectivity index (χ4v) is 6.14. The Hall–Kier alpha value is -2.37. The van der Waals surface area contributed by atoms with Crippen LogP contribution in [0.3, 0.4) is 0 Å². The molecule has 0 rings (SSSR count). The summed E-state index contributed by atoms with van der Waals surface area (Å²) < 4.78 is 26.2. The van der Waals surface area contributed by atoms with Crippen LogP contribution >= 0.6 is 7.82 Å². The van der Waals surface area contributed by atoms with E-state index in [0.29, 0.717) is 12.8 Å². The van der Waals surface area contributed by atoms with Crippen molar-refractivity contribution in [3.05, 3.63) is 60.8 Å². The molecular weight excluding hydrogens is 735 g/mol. The Morgan fingerprint density at radius 2 is 1.11 bits per heavy atom. The Labute approximate surface area is 338 Å². The molecule has 0 amide bonds. The molecule has 5 N–H and O–H groups in total. The SMILES string of the molecule is CC/C=C\C[C@@H](O)/C=C/C=C/C=C\C=C/[C@H](O)[C@@H](O)CCCC(=O)OC[C@H](COP(=O)(O)O)OC(=O)CCCCCCCCCCCCCCCCCC(C)C. The number of phosphoric ester groups is 1. The molecule has 0 heterocycles. The second-order valence-electron chi connectivity index (χ2n) is 15.0. The number of carbonyl (C=O) groups is 2. The Morgan fingerprint density at radius 3 is 1.64 bits per heavy atom. The Bertz CT molecular complexity index is 1160. The summed E-state index contributed by atoms with van der Waals surface area (Å²) in [5, 5.41) is 30.2. The van der Waals surface area contributed by atoms with Gasteiger partial charge in [0.15, 0.2) is 6.10 Å². The highest BCUT2D eigenvalue weighted by atomic mass is 31.2. The third kappa shape index (κ3) is 38.5. The fourth-order valence-electron chi connectivity index (χ4n) is 5.78. The van der Waals surface area contributed by atoms with Crippen molar-refractivity contribution < 1.29 is 53.3 Å². The maximum Gasteiger partial charge on any atom is 0.469 e. The van der Waals surface area contributed by atoms with Crippen LogP contribution in [0.1, 0.15) is 162 Å². The first-order valence-corrected chi connectivity index (χ1v) is 22.8. The summed E-state index contributed by atoms with van der Waals surface area (Å²) in [6.07, 6.45) is 34.7. The first kappa shape index (κ1) is 53.6. The van der Waals surface area contributed by atoms with E-state index in [1.807, 2.05) is 19.1 Å². The van der Waals surface area contributed by atoms with Crippen molar-refractivity contribution in [2.24, 2.45) is 5.92 Å². The van der Waals surface area contributed by atoms with Crippen molar-refractivity contribution in [2.75, 3.05) is 13.2 Å². The van der Waals surface area contributed by atoms with Crippen LogP contribution in [0.4, 0.5) is 0 Å². The van der Waals surface area contributed by atoms with Crippen LogP contribution in [-0.2, 0) is 28.2 Å². The van der Waals surface area contributed by atoms with Gasteiger partial charge in [-0.2, -0.15) is 0 Å². The number of ether oxygens (including phenoxy) is 2. The number of aliphatic hydroxyl groups is 3. The van der Waals surface area contributed by atoms with Crippen molar-refractivity contribution in [3.63, 3.8) is 0 Å². The van der Waals surface area contributed by atoms with E-state index >= 15 is 0 Å². The third-order valence-electron chi connectivity index (χ3n) is 9.07. The summed E-state index contributed by atoms with van der Waals surface area (Å²) in [5.41, 5.74) is 0. The van der Waals surface area contributed by atoms with Gasteiger partial charge in [0, 0.05) is 12.8 Å². The molecule has 12 heteroatoms. The van der Waals surface area contributed by atoms with Gasteiger partial charge in [-0.3, -0.25) is 14.1 Å². The maximum absolute atomic E-state index is 12.4. The van der Waals surface area contributed by atoms with E-state index in [1.54, 1.807) is 42.5 Å². The zero-order chi connectivity index (χ0) is 41.7. The topological polar surface area (TPSA) is 180 Å². The predicted molar refractivity (Wildman–Crippen MR) is 225 cm³/mol. The molecule has 0 spiro atoms. The smallest absolute Gasteiger partial charge is 0.462 e. The van der Waals surface area contributed by atoms with E-state index in [4.69, 9.17) is 19.3 Å². The molecule has 324 valence electrons. The minimum Gasteiger partial charge on any atom is -0.462 e. The van der Waals surface area contributed by atoms with Gasteiger partial charge < -0.3 is 34.6 Å². The van der Waals surface area contributed by atoms with Gasteiger partial charge in [-0.25, -0.2) is 4.57 Å². The molecule has 0 saturated heterocycles. The highest BCUT2D eigenvalue weighted by Gasteiger charge is 2.23. The molecule has 0 aromatic rings. The summed E-state index contributed by atoms with van der Waals surface area (Å²) in [7, 11) is -4.84. The predicted octanol–water partition coefficient (Wildman–Crippen LogP) is 9.67. The van der Waals surface area contributed by atoms with Gasteiger partial charge in [-0.05, 0) is 38.0 Å². The summed E-state index contributed by atoms with van der Waals surface area (Å²) in [6, 6.07) is 0. The number of esters is 2. The number of unbranched alkanes of at least 4 members (excludes halogenated alkanes) is 14. The molecule has 0 aliphatic carbocycles. The number of aliphatic hydroxyl groups excluding tert-OH is 3. The largest absolute Gasteiger partial charge is 0.469 e. The number of allylic oxidation sites excluding steroid dienone is 7. The highest BCUT2D eigenvalue weighted by molar-refractivity contribution is 7.46. The minimum absolute atomic E-state index is 0.0892. The monoisotopic (exact) mass is 813 g/mol. The van der Waals surface area contributed by atoms with E-state index in [-0.39, 0.29) is 25.7 Å². The fraction of sp³-hybridized carbons (Fsp3) is 0.727. The van der Waals surface area contributed by atoms with Gasteiger partial charge in [0.05, 0.1) is 24.9 Å². The van der Waals surface area contributed by atoms with Gasteiger partial charge in [-0.1, -0.05) is 178 Å². The summed E-state index contributed by atoms with van der Waals surface area (Å²) >= 11 is 0. The first-order chi connectivity index (χ1) is 26.8. The van der Waals surface area contributed by atoms with Crippen molar-refractivity contribution in [1.29, 1.82) is 0 Å². The number of hydrogen-bond donors (Lipinski definition) is 5. The van der Waals surface area contributed by atoms with Crippen LogP contribution < -0.4 is 0 Å². The maximum atomic E-state index is 12.4. The van der Waals surface area contributed by atoms with Crippen LogP contribution in [0.2, 0.25) is 0 Å². The van der Waals surface area contributed by atoms with Crippen LogP contribution in [-0.4, -0.2) is 74.7 Å². The number of carbonyl (C=O) groups excluding carboxylic acids is 2. The highest BCUT2D eigenvalue weighted by Crippen LogP contribution is 2.36. The zero-order valence-electron chi connectivity index (χ0n) is 34.8. The molecule has 56 heavy (non-hydrogen) atoms. The van der Waals surface area contributed by atoms with E-state index < -0.39 is 57.4 Å². The lowest BCUT2D eigenvalue weighted by Gasteiger charge is -2.18. The number of phosphoric acid groups is 1. The summed E-state index contributed by atoms with van der Waals surface area (Å²) in [4.78, 5) is 42.9. The molecule has 0 unspecified atom stereocenters. The van der Waals surface area contributed by atoms with E-state index in [1.165, 1.54) is 83.1 Å². The van der Waals surface area contributed by atoms with E-state index in [2.05, 4.69) is 18.4 Å². The van der Waals surface area contributed by atoms with Crippen molar-refractivity contribution >= 4 is 19.8 Å². The lowest BCUT2D eigenvalue weighted by atomic mass is 10.0. The lowest BCUT2D eigenvalue weighted by molar-refractivity contribution is -0.161. The number of rotatable bonds is 37. The average molecular weight is 813 g/mol. The lowest BCUT2D eigenvalue weighted by Crippen LogP contribution is -2.29. The van der Waals surface area contributed by atoms with Gasteiger partial charge in [-0.15, -0.1) is 0 Å². The van der Waals surface area contributed by atoms with E-state index in [0.717, 1.165) is 31.6 Å². The van der Waals surface area contributed by atoms with E-state index in [9.17, 15) is 29.5 Å². The van der Waals surface area contributed by atoms with Crippen LogP contribution in [0.5, 0.6) is 0 Å². The Morgan fingerprint density at radius 1 is 0.607 bits per heavy atom. The third-order valence-corrected chi connectivity index (χ3v) is 9.56. The van der Waals surface area contributed by atoms with Crippen LogP contribution in [0, 0.1) is 5.92 Å². The normalized spacial score (nSPS) is 14.9. The standard InChI is InChI=1S/C44H77O11P/c1-4-5-23-30-39(45)31-25-20-17-18-21-26-32-41(46)42(47)33-28-35-43(48)53-36-40(37-54-56(50,51)52)55-44(49)34-27-22-16-14-12-10-8-6-7-9-11-13-15-19-24-29-38(2)3/h5,17-18,20-21,23,25-26,31-32,38-42,45-47H,4,6-16,19,22,24,27-30,33-37H2,1-3H3,(H2,50,51,52)/b20-17+,21-18-,23-5-,31-25+,32-26-/t39-,40-,41+,42+/m1/s1. The van der Waals surface area contributed by atoms with Crippen molar-refractivity contribution in [2.45, 2.75) is 186 Å².